The highest BCUT2D eigenvalue weighted by molar-refractivity contribution is 5.71. The molecule has 0 radical (unpaired) electrons. The maximum atomic E-state index is 12.7. The van der Waals surface area contributed by atoms with E-state index in [9.17, 15) is 14.4 Å². The third kappa shape index (κ3) is 38.1. The molecule has 0 saturated carbocycles. The summed E-state index contributed by atoms with van der Waals surface area (Å²) in [6.45, 7) is 11.3. The Labute approximate surface area is 323 Å². The Morgan fingerprint density at radius 1 is 0.404 bits per heavy atom. The van der Waals surface area contributed by atoms with Crippen LogP contribution in [-0.2, 0) is 28.6 Å². The summed E-state index contributed by atoms with van der Waals surface area (Å²) in [7, 11) is 0. The Kier molecular flexibility index (Phi) is 37.9. The fourth-order valence-corrected chi connectivity index (χ4v) is 6.72. The van der Waals surface area contributed by atoms with E-state index in [2.05, 4.69) is 34.6 Å². The summed E-state index contributed by atoms with van der Waals surface area (Å²) >= 11 is 0. The molecule has 2 atom stereocenters. The zero-order valence-corrected chi connectivity index (χ0v) is 35.4. The van der Waals surface area contributed by atoms with Crippen molar-refractivity contribution >= 4 is 17.9 Å². The van der Waals surface area contributed by atoms with Crippen molar-refractivity contribution in [2.24, 2.45) is 11.8 Å². The number of hydrogen-bond acceptors (Lipinski definition) is 6. The topological polar surface area (TPSA) is 78.9 Å². The van der Waals surface area contributed by atoms with Crippen LogP contribution in [0.1, 0.15) is 247 Å². The molecule has 0 amide bonds. The van der Waals surface area contributed by atoms with Gasteiger partial charge in [0, 0.05) is 19.3 Å². The Morgan fingerprint density at radius 2 is 0.731 bits per heavy atom. The summed E-state index contributed by atoms with van der Waals surface area (Å²) < 4.78 is 16.7. The minimum absolute atomic E-state index is 0.0656. The summed E-state index contributed by atoms with van der Waals surface area (Å²) in [5.41, 5.74) is 0. The van der Waals surface area contributed by atoms with E-state index in [1.165, 1.54) is 135 Å². The number of esters is 3. The fraction of sp³-hybridized carbons (Fsp3) is 0.935. The van der Waals surface area contributed by atoms with Gasteiger partial charge in [-0.15, -0.1) is 0 Å². The second kappa shape index (κ2) is 39.1. The molecule has 0 saturated heterocycles. The van der Waals surface area contributed by atoms with Gasteiger partial charge in [-0.05, 0) is 31.1 Å². The molecule has 6 nitrogen and oxygen atoms in total. The number of hydrogen-bond donors (Lipinski definition) is 0. The van der Waals surface area contributed by atoms with Crippen LogP contribution in [0.3, 0.4) is 0 Å². The van der Waals surface area contributed by atoms with Crippen molar-refractivity contribution in [3.05, 3.63) is 0 Å². The molecule has 0 fully saturated rings. The predicted molar refractivity (Wildman–Crippen MR) is 220 cm³/mol. The number of carbonyl (C=O) groups is 3. The number of rotatable bonds is 40. The van der Waals surface area contributed by atoms with E-state index in [4.69, 9.17) is 14.2 Å². The van der Waals surface area contributed by atoms with Gasteiger partial charge in [0.15, 0.2) is 6.10 Å². The van der Waals surface area contributed by atoms with Gasteiger partial charge in [-0.25, -0.2) is 0 Å². The predicted octanol–water partition coefficient (Wildman–Crippen LogP) is 14.2. The first-order valence-electron chi connectivity index (χ1n) is 22.8. The van der Waals surface area contributed by atoms with Crippen molar-refractivity contribution in [3.8, 4) is 0 Å². The largest absolute Gasteiger partial charge is 0.462 e. The van der Waals surface area contributed by atoms with Crippen LogP contribution in [0, 0.1) is 11.8 Å². The summed E-state index contributed by atoms with van der Waals surface area (Å²) in [5, 5.41) is 0. The summed E-state index contributed by atoms with van der Waals surface area (Å²) in [4.78, 5) is 37.6. The molecule has 0 aromatic carbocycles. The molecular weight excluding hydrogens is 649 g/mol. The van der Waals surface area contributed by atoms with E-state index < -0.39 is 6.10 Å². The van der Waals surface area contributed by atoms with Gasteiger partial charge in [0.05, 0.1) is 0 Å². The average Bonchev–Trinajstić information content (AvgIpc) is 3.12. The molecule has 0 heterocycles. The molecule has 0 spiro atoms. The molecule has 0 N–H and O–H groups in total. The van der Waals surface area contributed by atoms with Crippen molar-refractivity contribution in [2.75, 3.05) is 13.2 Å². The van der Waals surface area contributed by atoms with E-state index in [1.807, 2.05) is 0 Å². The molecule has 6 heteroatoms. The number of carbonyl (C=O) groups excluding carboxylic acids is 3. The lowest BCUT2D eigenvalue weighted by Gasteiger charge is -2.18. The molecule has 0 rings (SSSR count). The van der Waals surface area contributed by atoms with Crippen LogP contribution in [0.25, 0.3) is 0 Å². The van der Waals surface area contributed by atoms with Crippen molar-refractivity contribution < 1.29 is 28.6 Å². The highest BCUT2D eigenvalue weighted by Crippen LogP contribution is 2.17. The van der Waals surface area contributed by atoms with Gasteiger partial charge in [-0.1, -0.05) is 208 Å². The Balaban J connectivity index is 4.32. The van der Waals surface area contributed by atoms with E-state index in [0.29, 0.717) is 19.3 Å². The average molecular weight is 737 g/mol. The van der Waals surface area contributed by atoms with E-state index in [1.54, 1.807) is 0 Å². The zero-order valence-electron chi connectivity index (χ0n) is 35.4. The van der Waals surface area contributed by atoms with Crippen LogP contribution in [0.2, 0.25) is 0 Å². The summed E-state index contributed by atoms with van der Waals surface area (Å²) in [6, 6.07) is 0. The van der Waals surface area contributed by atoms with E-state index in [0.717, 1.165) is 69.6 Å². The Hall–Kier alpha value is -1.59. The minimum atomic E-state index is -0.760. The molecule has 0 aromatic heterocycles. The quantitative estimate of drug-likeness (QED) is 0.0354. The molecule has 1 unspecified atom stereocenters. The third-order valence-electron chi connectivity index (χ3n) is 10.6. The smallest absolute Gasteiger partial charge is 0.306 e. The van der Waals surface area contributed by atoms with Gasteiger partial charge in [0.25, 0.3) is 0 Å². The van der Waals surface area contributed by atoms with Gasteiger partial charge in [0.2, 0.25) is 0 Å². The van der Waals surface area contributed by atoms with E-state index >= 15 is 0 Å². The van der Waals surface area contributed by atoms with Crippen molar-refractivity contribution in [2.45, 2.75) is 253 Å². The highest BCUT2D eigenvalue weighted by Gasteiger charge is 2.19. The summed E-state index contributed by atoms with van der Waals surface area (Å²) in [6.07, 6.45) is 36.6. The SMILES string of the molecule is CCCCCCCCCCCC(=O)OC[C@@H](COC(=O)CCCCCCCCC(C)CC)OC(=O)CCCCCCCCCCCCCCC(C)C. The lowest BCUT2D eigenvalue weighted by molar-refractivity contribution is -0.167. The Morgan fingerprint density at radius 3 is 1.10 bits per heavy atom. The third-order valence-corrected chi connectivity index (χ3v) is 10.6. The van der Waals surface area contributed by atoms with Gasteiger partial charge in [-0.2, -0.15) is 0 Å². The molecule has 0 aromatic rings. The molecule has 0 aliphatic heterocycles. The van der Waals surface area contributed by atoms with Gasteiger partial charge in [-0.3, -0.25) is 14.4 Å². The fourth-order valence-electron chi connectivity index (χ4n) is 6.72. The zero-order chi connectivity index (χ0) is 38.3. The van der Waals surface area contributed by atoms with E-state index in [-0.39, 0.29) is 31.1 Å². The van der Waals surface area contributed by atoms with Crippen LogP contribution in [-0.4, -0.2) is 37.2 Å². The second-order valence-electron chi connectivity index (χ2n) is 16.4. The molecule has 0 aliphatic carbocycles. The lowest BCUT2D eigenvalue weighted by atomic mass is 10.00. The van der Waals surface area contributed by atoms with Gasteiger partial charge >= 0.3 is 17.9 Å². The van der Waals surface area contributed by atoms with Crippen LogP contribution >= 0.6 is 0 Å². The maximum absolute atomic E-state index is 12.7. The van der Waals surface area contributed by atoms with Crippen LogP contribution in [0.5, 0.6) is 0 Å². The monoisotopic (exact) mass is 737 g/mol. The van der Waals surface area contributed by atoms with Crippen LogP contribution < -0.4 is 0 Å². The second-order valence-corrected chi connectivity index (χ2v) is 16.4. The van der Waals surface area contributed by atoms with Crippen LogP contribution in [0.15, 0.2) is 0 Å². The van der Waals surface area contributed by atoms with Crippen molar-refractivity contribution in [1.82, 2.24) is 0 Å². The number of ether oxygens (including phenoxy) is 3. The molecule has 52 heavy (non-hydrogen) atoms. The number of unbranched alkanes of at least 4 members (excludes halogenated alkanes) is 24. The molecular formula is C46H88O6. The maximum Gasteiger partial charge on any atom is 0.306 e. The lowest BCUT2D eigenvalue weighted by Crippen LogP contribution is -2.30. The first kappa shape index (κ1) is 50.4. The summed E-state index contributed by atoms with van der Waals surface area (Å²) in [5.74, 6) is 0.784. The standard InChI is InChI=1S/C46H88O6/c1-6-8-9-10-11-16-20-26-31-36-44(47)50-39-43(40-51-45(48)37-32-27-23-22-25-30-35-42(5)7-2)52-46(49)38-33-28-21-18-15-13-12-14-17-19-24-29-34-41(3)4/h41-43H,6-40H2,1-5H3/t42?,43-/m0/s1. The Bertz CT molecular complexity index is 796. The highest BCUT2D eigenvalue weighted by atomic mass is 16.6. The first-order chi connectivity index (χ1) is 25.3. The minimum Gasteiger partial charge on any atom is -0.462 e. The van der Waals surface area contributed by atoms with Gasteiger partial charge < -0.3 is 14.2 Å². The van der Waals surface area contributed by atoms with Gasteiger partial charge in [0.1, 0.15) is 13.2 Å². The molecule has 0 aliphatic rings. The molecule has 0 bridgehead atoms. The normalized spacial score (nSPS) is 12.6. The van der Waals surface area contributed by atoms with Crippen LogP contribution in [0.4, 0.5) is 0 Å². The first-order valence-corrected chi connectivity index (χ1v) is 22.8. The van der Waals surface area contributed by atoms with Crippen molar-refractivity contribution in [3.63, 3.8) is 0 Å². The molecule has 308 valence electrons. The van der Waals surface area contributed by atoms with Crippen molar-refractivity contribution in [1.29, 1.82) is 0 Å².